The third kappa shape index (κ3) is 8.62. The molecule has 10 nitrogen and oxygen atoms in total. The molecule has 0 amide bonds. The first-order valence-corrected chi connectivity index (χ1v) is 13.6. The van der Waals surface area contributed by atoms with E-state index in [1.54, 1.807) is 0 Å². The van der Waals surface area contributed by atoms with Crippen LogP contribution < -0.4 is 0 Å². The summed E-state index contributed by atoms with van der Waals surface area (Å²) in [7, 11) is -2.77. The van der Waals surface area contributed by atoms with Gasteiger partial charge in [-0.05, 0) is 51.8 Å². The summed E-state index contributed by atoms with van der Waals surface area (Å²) < 4.78 is 22.7. The molecular weight excluding hydrogens is 472 g/mol. The van der Waals surface area contributed by atoms with Gasteiger partial charge in [0, 0.05) is 56.3 Å². The highest BCUT2D eigenvalue weighted by atomic mass is 28.4. The molecule has 0 bridgehead atoms. The minimum absolute atomic E-state index is 0.204. The van der Waals surface area contributed by atoms with Crippen LogP contribution in [0.3, 0.4) is 0 Å². The monoisotopic (exact) mass is 504 g/mol. The van der Waals surface area contributed by atoms with Crippen LogP contribution in [0.25, 0.3) is 0 Å². The molecule has 190 valence electrons. The third-order valence-corrected chi connectivity index (χ3v) is 8.26. The van der Waals surface area contributed by atoms with E-state index in [9.17, 15) is 19.7 Å². The second-order valence-corrected chi connectivity index (χ2v) is 10.3. The van der Waals surface area contributed by atoms with E-state index in [1.807, 2.05) is 20.8 Å². The fraction of sp³-hybridized carbons (Fsp3) is 0.458. The molecule has 0 radical (unpaired) electrons. The first kappa shape index (κ1) is 28.2. The van der Waals surface area contributed by atoms with Crippen LogP contribution in [0.1, 0.15) is 66.3 Å². The highest BCUT2D eigenvalue weighted by molar-refractivity contribution is 6.60. The van der Waals surface area contributed by atoms with Crippen LogP contribution in [0, 0.1) is 10.1 Å². The fourth-order valence-corrected chi connectivity index (χ4v) is 6.20. The minimum Gasteiger partial charge on any atom is -0.457 e. The summed E-state index contributed by atoms with van der Waals surface area (Å²) in [6, 6.07) is 7.77. The van der Waals surface area contributed by atoms with Gasteiger partial charge >= 0.3 is 14.8 Å². The van der Waals surface area contributed by atoms with Gasteiger partial charge in [0.2, 0.25) is 0 Å². The second-order valence-electron chi connectivity index (χ2n) is 7.52. The number of esters is 1. The van der Waals surface area contributed by atoms with Crippen molar-refractivity contribution in [2.75, 3.05) is 19.8 Å². The molecule has 0 aliphatic heterocycles. The first-order valence-electron chi connectivity index (χ1n) is 11.6. The Morgan fingerprint density at radius 1 is 0.943 bits per heavy atom. The minimum atomic E-state index is -2.77. The molecule has 0 aliphatic carbocycles. The number of nitro benzene ring substituents is 1. The SMILES string of the molecule is CCO[Si](CCCCC(=O)c1ccc(COC(=O)c2ccncc2)c([N+](=O)[O-])c1)(OCC)OCC. The first-order chi connectivity index (χ1) is 16.9. The van der Waals surface area contributed by atoms with Gasteiger partial charge in [0.15, 0.2) is 5.78 Å². The summed E-state index contributed by atoms with van der Waals surface area (Å²) in [5, 5.41) is 11.6. The zero-order chi connectivity index (χ0) is 25.7. The lowest BCUT2D eigenvalue weighted by Gasteiger charge is -2.28. The zero-order valence-corrected chi connectivity index (χ0v) is 21.4. The maximum absolute atomic E-state index is 12.7. The number of hydrogen-bond acceptors (Lipinski definition) is 9. The quantitative estimate of drug-likeness (QED) is 0.0794. The number of unbranched alkanes of at least 4 members (excludes halogenated alkanes) is 1. The van der Waals surface area contributed by atoms with Crippen LogP contribution in [0.4, 0.5) is 5.69 Å². The Balaban J connectivity index is 1.98. The van der Waals surface area contributed by atoms with Crippen molar-refractivity contribution in [3.63, 3.8) is 0 Å². The number of carbonyl (C=O) groups excluding carboxylic acids is 2. The van der Waals surface area contributed by atoms with Crippen molar-refractivity contribution < 1.29 is 32.5 Å². The van der Waals surface area contributed by atoms with Gasteiger partial charge in [0.05, 0.1) is 16.1 Å². The Labute approximate surface area is 206 Å². The Morgan fingerprint density at radius 3 is 2.14 bits per heavy atom. The van der Waals surface area contributed by atoms with Crippen molar-refractivity contribution in [1.29, 1.82) is 0 Å². The summed E-state index contributed by atoms with van der Waals surface area (Å²) in [5.41, 5.74) is 0.465. The molecule has 1 aromatic heterocycles. The molecule has 2 aromatic rings. The molecule has 0 fully saturated rings. The number of rotatable bonds is 16. The molecule has 0 N–H and O–H groups in total. The summed E-state index contributed by atoms with van der Waals surface area (Å²) in [6.07, 6.45) is 4.36. The number of ketones is 1. The number of nitrogens with zero attached hydrogens (tertiary/aromatic N) is 2. The van der Waals surface area contributed by atoms with Gasteiger partial charge in [-0.25, -0.2) is 4.79 Å². The largest absolute Gasteiger partial charge is 0.500 e. The lowest BCUT2D eigenvalue weighted by molar-refractivity contribution is -0.385. The Morgan fingerprint density at radius 2 is 1.57 bits per heavy atom. The zero-order valence-electron chi connectivity index (χ0n) is 20.4. The fourth-order valence-electron chi connectivity index (χ4n) is 3.52. The van der Waals surface area contributed by atoms with Crippen LogP contribution in [0.2, 0.25) is 6.04 Å². The number of ether oxygens (including phenoxy) is 1. The van der Waals surface area contributed by atoms with E-state index in [1.165, 1.54) is 42.7 Å². The predicted octanol–water partition coefficient (Wildman–Crippen LogP) is 4.75. The molecular formula is C24H32N2O8Si. The standard InChI is InChI=1S/C24H32N2O8Si/c1-4-32-35(33-5-2,34-6-3)16-8-7-9-23(27)20-10-11-21(22(17-20)26(29)30)18-31-24(28)19-12-14-25-15-13-19/h10-15,17H,4-9,16,18H2,1-3H3. The maximum atomic E-state index is 12.7. The summed E-state index contributed by atoms with van der Waals surface area (Å²) in [6.45, 7) is 6.84. The number of nitro groups is 1. The van der Waals surface area contributed by atoms with Gasteiger partial charge in [-0.2, -0.15) is 0 Å². The molecule has 35 heavy (non-hydrogen) atoms. The number of benzene rings is 1. The number of aromatic nitrogens is 1. The van der Waals surface area contributed by atoms with Crippen molar-refractivity contribution in [3.05, 3.63) is 69.5 Å². The highest BCUT2D eigenvalue weighted by Gasteiger charge is 2.39. The molecule has 1 aromatic carbocycles. The van der Waals surface area contributed by atoms with Gasteiger partial charge in [0.1, 0.15) is 6.61 Å². The predicted molar refractivity (Wildman–Crippen MR) is 130 cm³/mol. The lowest BCUT2D eigenvalue weighted by Crippen LogP contribution is -2.45. The van der Waals surface area contributed by atoms with Crippen molar-refractivity contribution in [2.24, 2.45) is 0 Å². The average Bonchev–Trinajstić information content (AvgIpc) is 2.86. The van der Waals surface area contributed by atoms with E-state index in [2.05, 4.69) is 4.98 Å². The number of carbonyl (C=O) groups is 2. The van der Waals surface area contributed by atoms with Gasteiger partial charge < -0.3 is 18.0 Å². The molecule has 0 aliphatic rings. The van der Waals surface area contributed by atoms with Gasteiger partial charge in [-0.3, -0.25) is 19.9 Å². The number of pyridine rings is 1. The smallest absolute Gasteiger partial charge is 0.457 e. The normalized spacial score (nSPS) is 11.3. The maximum Gasteiger partial charge on any atom is 0.500 e. The van der Waals surface area contributed by atoms with E-state index in [-0.39, 0.29) is 35.6 Å². The molecule has 0 saturated carbocycles. The van der Waals surface area contributed by atoms with Crippen molar-refractivity contribution in [1.82, 2.24) is 4.98 Å². The summed E-state index contributed by atoms with van der Waals surface area (Å²) in [4.78, 5) is 39.6. The van der Waals surface area contributed by atoms with E-state index in [0.717, 1.165) is 0 Å². The molecule has 2 rings (SSSR count). The number of hydrogen-bond donors (Lipinski definition) is 0. The van der Waals surface area contributed by atoms with Gasteiger partial charge in [-0.1, -0.05) is 6.07 Å². The summed E-state index contributed by atoms with van der Waals surface area (Å²) in [5.74, 6) is -0.822. The molecule has 0 saturated heterocycles. The molecule has 0 spiro atoms. The van der Waals surface area contributed by atoms with Crippen LogP contribution in [-0.4, -0.2) is 50.3 Å². The van der Waals surface area contributed by atoms with Crippen LogP contribution in [0.15, 0.2) is 42.7 Å². The van der Waals surface area contributed by atoms with Crippen molar-refractivity contribution >= 4 is 26.2 Å². The van der Waals surface area contributed by atoms with Crippen LogP contribution in [0.5, 0.6) is 0 Å². The average molecular weight is 505 g/mol. The van der Waals surface area contributed by atoms with Crippen molar-refractivity contribution in [3.8, 4) is 0 Å². The Kier molecular flexibility index (Phi) is 11.6. The molecule has 11 heteroatoms. The van der Waals surface area contributed by atoms with Crippen LogP contribution in [-0.2, 0) is 24.6 Å². The second kappa shape index (κ2) is 14.4. The van der Waals surface area contributed by atoms with E-state index < -0.39 is 19.7 Å². The Hall–Kier alpha value is -2.99. The lowest BCUT2D eigenvalue weighted by atomic mass is 10.0. The van der Waals surface area contributed by atoms with Gasteiger partial charge in [-0.15, -0.1) is 0 Å². The number of Topliss-reactive ketones (excluding diaryl/α,β-unsaturated/α-hetero) is 1. The van der Waals surface area contributed by atoms with Crippen molar-refractivity contribution in [2.45, 2.75) is 52.7 Å². The summed E-state index contributed by atoms with van der Waals surface area (Å²) >= 11 is 0. The topological polar surface area (TPSA) is 127 Å². The molecule has 0 atom stereocenters. The van der Waals surface area contributed by atoms with Crippen LogP contribution >= 0.6 is 0 Å². The van der Waals surface area contributed by atoms with E-state index in [0.29, 0.717) is 44.3 Å². The Bertz CT molecular complexity index is 970. The molecule has 1 heterocycles. The van der Waals surface area contributed by atoms with E-state index in [4.69, 9.17) is 18.0 Å². The van der Waals surface area contributed by atoms with E-state index >= 15 is 0 Å². The third-order valence-electron chi connectivity index (χ3n) is 5.11. The highest BCUT2D eigenvalue weighted by Crippen LogP contribution is 2.24. The molecule has 0 unspecified atom stereocenters. The van der Waals surface area contributed by atoms with Gasteiger partial charge in [0.25, 0.3) is 5.69 Å².